The number of carbonyl (C=O) groups excluding carboxylic acids is 3. The number of esters is 3. The van der Waals surface area contributed by atoms with Gasteiger partial charge >= 0.3 is 17.9 Å². The maximum absolute atomic E-state index is 12.3. The molecule has 0 radical (unpaired) electrons. The molecule has 1 unspecified atom stereocenters. The molecule has 2 fully saturated rings. The zero-order chi connectivity index (χ0) is 17.2. The molecule has 0 aromatic carbocycles. The molecule has 3 aliphatic heterocycles. The molecule has 0 aromatic heterocycles. The van der Waals surface area contributed by atoms with Gasteiger partial charge in [-0.3, -0.25) is 4.79 Å². The van der Waals surface area contributed by atoms with Crippen molar-refractivity contribution in [2.75, 3.05) is 0 Å². The van der Waals surface area contributed by atoms with Crippen molar-refractivity contribution in [3.63, 3.8) is 0 Å². The average Bonchev–Trinajstić information content (AvgIpc) is 2.80. The molecular formula is C17H18O7. The highest BCUT2D eigenvalue weighted by Crippen LogP contribution is 2.49. The molecule has 0 amide bonds. The van der Waals surface area contributed by atoms with E-state index in [-0.39, 0.29) is 6.10 Å². The Labute approximate surface area is 138 Å². The lowest BCUT2D eigenvalue weighted by molar-refractivity contribution is -0.148. The van der Waals surface area contributed by atoms with Gasteiger partial charge in [0.2, 0.25) is 0 Å². The molecule has 0 aromatic rings. The summed E-state index contributed by atoms with van der Waals surface area (Å²) in [4.78, 5) is 35.6. The molecule has 7 nitrogen and oxygen atoms in total. The Morgan fingerprint density at radius 1 is 1.33 bits per heavy atom. The maximum Gasteiger partial charge on any atom is 0.338 e. The predicted octanol–water partition coefficient (Wildman–Crippen LogP) is 0.819. The summed E-state index contributed by atoms with van der Waals surface area (Å²) >= 11 is 0. The van der Waals surface area contributed by atoms with Gasteiger partial charge in [-0.05, 0) is 13.0 Å². The first-order chi connectivity index (χ1) is 11.3. The topological polar surface area (TPSA) is 91.4 Å². The standard InChI is InChI=1S/C17H18O7/c1-7-14-11-4-9(16(20)22-11)10(21-8(2)18)5-13-17(3,24-13)6-12(14)23-15(7)19/h4,10-14H,1,5-6H2,2-3H3/t10-,11-,12+,13+,14?,17+/m1/s1. The number of ether oxygens (including phenoxy) is 4. The van der Waals surface area contributed by atoms with Crippen molar-refractivity contribution >= 4 is 17.9 Å². The van der Waals surface area contributed by atoms with Crippen molar-refractivity contribution in [1.82, 2.24) is 0 Å². The first kappa shape index (κ1) is 15.4. The maximum atomic E-state index is 12.3. The summed E-state index contributed by atoms with van der Waals surface area (Å²) in [6.45, 7) is 7.02. The van der Waals surface area contributed by atoms with E-state index in [9.17, 15) is 14.4 Å². The van der Waals surface area contributed by atoms with Gasteiger partial charge in [0.25, 0.3) is 0 Å². The molecule has 2 bridgehead atoms. The number of hydrogen-bond donors (Lipinski definition) is 0. The quantitative estimate of drug-likeness (QED) is 0.303. The average molecular weight is 334 g/mol. The third-order valence-corrected chi connectivity index (χ3v) is 5.23. The SMILES string of the molecule is C=C1C(=O)O[C@H]2C[C@]3(C)O[C@H]3C[C@@H](OC(C)=O)C3=C[C@@H](OC3=O)C12. The van der Waals surface area contributed by atoms with Crippen LogP contribution in [0.5, 0.6) is 0 Å². The Morgan fingerprint density at radius 3 is 2.79 bits per heavy atom. The summed E-state index contributed by atoms with van der Waals surface area (Å²) in [5.41, 5.74) is 0.105. The summed E-state index contributed by atoms with van der Waals surface area (Å²) < 4.78 is 21.9. The second-order valence-electron chi connectivity index (χ2n) is 6.94. The van der Waals surface area contributed by atoms with Crippen LogP contribution in [0.4, 0.5) is 0 Å². The van der Waals surface area contributed by atoms with Gasteiger partial charge in [-0.25, -0.2) is 9.59 Å². The fourth-order valence-corrected chi connectivity index (χ4v) is 3.91. The van der Waals surface area contributed by atoms with Crippen LogP contribution >= 0.6 is 0 Å². The summed E-state index contributed by atoms with van der Waals surface area (Å²) in [7, 11) is 0. The van der Waals surface area contributed by atoms with Gasteiger partial charge in [0.05, 0.1) is 23.2 Å². The molecule has 6 atom stereocenters. The summed E-state index contributed by atoms with van der Waals surface area (Å²) in [6.07, 6.45) is 0.501. The zero-order valence-electron chi connectivity index (χ0n) is 13.4. The van der Waals surface area contributed by atoms with Crippen LogP contribution in [0.15, 0.2) is 23.8 Å². The van der Waals surface area contributed by atoms with Crippen molar-refractivity contribution in [1.29, 1.82) is 0 Å². The van der Waals surface area contributed by atoms with E-state index in [2.05, 4.69) is 6.58 Å². The third-order valence-electron chi connectivity index (χ3n) is 5.23. The van der Waals surface area contributed by atoms with E-state index in [1.165, 1.54) is 6.92 Å². The number of epoxide rings is 1. The summed E-state index contributed by atoms with van der Waals surface area (Å²) in [5, 5.41) is 0. The van der Waals surface area contributed by atoms with Gasteiger partial charge in [-0.2, -0.15) is 0 Å². The zero-order valence-corrected chi connectivity index (χ0v) is 13.4. The minimum absolute atomic E-state index is 0.180. The van der Waals surface area contributed by atoms with E-state index in [0.29, 0.717) is 24.0 Å². The molecule has 4 rings (SSSR count). The fraction of sp³-hybridized carbons (Fsp3) is 0.588. The van der Waals surface area contributed by atoms with Gasteiger partial charge in [0.1, 0.15) is 18.3 Å². The van der Waals surface area contributed by atoms with Crippen LogP contribution in [0.25, 0.3) is 0 Å². The summed E-state index contributed by atoms with van der Waals surface area (Å²) in [5.74, 6) is -1.93. The second-order valence-corrected chi connectivity index (χ2v) is 6.94. The highest BCUT2D eigenvalue weighted by molar-refractivity contribution is 5.94. The Morgan fingerprint density at radius 2 is 2.08 bits per heavy atom. The lowest BCUT2D eigenvalue weighted by Crippen LogP contribution is -2.33. The predicted molar refractivity (Wildman–Crippen MR) is 78.5 cm³/mol. The Bertz CT molecular complexity index is 693. The van der Waals surface area contributed by atoms with Crippen LogP contribution in [-0.4, -0.2) is 47.9 Å². The summed E-state index contributed by atoms with van der Waals surface area (Å²) in [6, 6.07) is 0. The minimum Gasteiger partial charge on any atom is -0.458 e. The largest absolute Gasteiger partial charge is 0.458 e. The van der Waals surface area contributed by atoms with Gasteiger partial charge in [-0.15, -0.1) is 0 Å². The third kappa shape index (κ3) is 2.26. The molecule has 24 heavy (non-hydrogen) atoms. The normalized spacial score (nSPS) is 43.2. The van der Waals surface area contributed by atoms with Crippen molar-refractivity contribution in [2.24, 2.45) is 5.92 Å². The fourth-order valence-electron chi connectivity index (χ4n) is 3.91. The molecular weight excluding hydrogens is 316 g/mol. The van der Waals surface area contributed by atoms with E-state index >= 15 is 0 Å². The Balaban J connectivity index is 1.73. The van der Waals surface area contributed by atoms with Crippen LogP contribution < -0.4 is 0 Å². The molecule has 3 heterocycles. The molecule has 1 aliphatic carbocycles. The molecule has 0 saturated carbocycles. The van der Waals surface area contributed by atoms with E-state index in [1.54, 1.807) is 6.08 Å². The molecule has 0 spiro atoms. The van der Waals surface area contributed by atoms with Gasteiger partial charge < -0.3 is 18.9 Å². The number of hydrogen-bond acceptors (Lipinski definition) is 7. The molecule has 4 aliphatic rings. The lowest BCUT2D eigenvalue weighted by Gasteiger charge is -2.23. The lowest BCUT2D eigenvalue weighted by atomic mass is 9.83. The van der Waals surface area contributed by atoms with Crippen LogP contribution in [0.1, 0.15) is 26.7 Å². The minimum atomic E-state index is -0.713. The van der Waals surface area contributed by atoms with Gasteiger partial charge in [-0.1, -0.05) is 6.58 Å². The Kier molecular flexibility index (Phi) is 3.16. The van der Waals surface area contributed by atoms with Crippen molar-refractivity contribution in [2.45, 2.75) is 56.7 Å². The van der Waals surface area contributed by atoms with E-state index in [0.717, 1.165) is 0 Å². The smallest absolute Gasteiger partial charge is 0.338 e. The first-order valence-electron chi connectivity index (χ1n) is 7.96. The number of carbonyl (C=O) groups is 3. The van der Waals surface area contributed by atoms with Crippen LogP contribution in [-0.2, 0) is 33.3 Å². The van der Waals surface area contributed by atoms with Crippen molar-refractivity contribution < 1.29 is 33.3 Å². The van der Waals surface area contributed by atoms with Crippen molar-refractivity contribution in [3.8, 4) is 0 Å². The van der Waals surface area contributed by atoms with Crippen LogP contribution in [0, 0.1) is 5.92 Å². The van der Waals surface area contributed by atoms with Crippen LogP contribution in [0.2, 0.25) is 0 Å². The van der Waals surface area contributed by atoms with Crippen molar-refractivity contribution in [3.05, 3.63) is 23.8 Å². The Hall–Kier alpha value is -2.15. The molecule has 2 saturated heterocycles. The molecule has 7 heteroatoms. The van der Waals surface area contributed by atoms with E-state index < -0.39 is 47.7 Å². The molecule has 0 N–H and O–H groups in total. The van der Waals surface area contributed by atoms with Gasteiger partial charge in [0, 0.05) is 25.3 Å². The van der Waals surface area contributed by atoms with Gasteiger partial charge in [0.15, 0.2) is 0 Å². The number of fused-ring (bicyclic) bond motifs is 4. The van der Waals surface area contributed by atoms with Crippen LogP contribution in [0.3, 0.4) is 0 Å². The highest BCUT2D eigenvalue weighted by Gasteiger charge is 2.60. The molecule has 128 valence electrons. The van der Waals surface area contributed by atoms with E-state index in [1.807, 2.05) is 6.92 Å². The van der Waals surface area contributed by atoms with E-state index in [4.69, 9.17) is 18.9 Å². The highest BCUT2D eigenvalue weighted by atomic mass is 16.6. The first-order valence-corrected chi connectivity index (χ1v) is 7.96. The monoisotopic (exact) mass is 334 g/mol. The second kappa shape index (κ2) is 4.92. The number of rotatable bonds is 1.